The fraction of sp³-hybridized carbons (Fsp3) is 0.688. The second kappa shape index (κ2) is 8.76. The van der Waals surface area contributed by atoms with Crippen molar-refractivity contribution in [3.05, 3.63) is 35.9 Å². The number of benzene rings is 1. The molecule has 2 aliphatic heterocycles. The van der Waals surface area contributed by atoms with Gasteiger partial charge >= 0.3 is 6.03 Å². The number of hydrogen-bond acceptors (Lipinski definition) is 4. The molecule has 0 radical (unpaired) electrons. The van der Waals surface area contributed by atoms with E-state index in [1.807, 2.05) is 12.1 Å². The van der Waals surface area contributed by atoms with Crippen LogP contribution in [-0.4, -0.2) is 29.7 Å². The van der Waals surface area contributed by atoms with Gasteiger partial charge in [0.15, 0.2) is 11.5 Å². The second-order valence-electron chi connectivity index (χ2n) is 13.6. The van der Waals surface area contributed by atoms with Gasteiger partial charge < -0.3 is 14.8 Å². The van der Waals surface area contributed by atoms with E-state index in [0.717, 1.165) is 67.9 Å². The third-order valence-corrected chi connectivity index (χ3v) is 11.8. The SMILES string of the molecule is C[C@@]12CCC[C@H]1[C@@H]1CC[C@H]3N(C(=O)NC4(c5ccc6c(c5)OCO6)CCCCC4)C(=O)C=C[C@]3(C)[C@H]1CC2. The molecule has 0 aromatic heterocycles. The molecule has 4 fully saturated rings. The number of fused-ring (bicyclic) bond motifs is 6. The summed E-state index contributed by atoms with van der Waals surface area (Å²) in [5.74, 6) is 3.36. The predicted molar refractivity (Wildman–Crippen MR) is 145 cm³/mol. The zero-order valence-corrected chi connectivity index (χ0v) is 23.0. The van der Waals surface area contributed by atoms with Gasteiger partial charge in [-0.05, 0) is 92.2 Å². The maximum Gasteiger partial charge on any atom is 0.325 e. The van der Waals surface area contributed by atoms with Gasteiger partial charge in [-0.1, -0.05) is 51.7 Å². The molecule has 204 valence electrons. The Bertz CT molecular complexity index is 1170. The number of imide groups is 1. The molecule has 0 spiro atoms. The zero-order valence-electron chi connectivity index (χ0n) is 23.0. The van der Waals surface area contributed by atoms with Crippen molar-refractivity contribution in [2.24, 2.45) is 28.6 Å². The Balaban J connectivity index is 1.18. The molecule has 4 aliphatic carbocycles. The van der Waals surface area contributed by atoms with Crippen molar-refractivity contribution in [3.8, 4) is 11.5 Å². The van der Waals surface area contributed by atoms with Crippen molar-refractivity contribution >= 4 is 11.9 Å². The molecule has 0 unspecified atom stereocenters. The summed E-state index contributed by atoms with van der Waals surface area (Å²) in [5, 5.41) is 3.44. The first-order valence-electron chi connectivity index (χ1n) is 15.1. The van der Waals surface area contributed by atoms with Crippen molar-refractivity contribution in [2.75, 3.05) is 6.79 Å². The van der Waals surface area contributed by atoms with E-state index >= 15 is 0 Å². The summed E-state index contributed by atoms with van der Waals surface area (Å²) in [6, 6.07) is 5.74. The number of carbonyl (C=O) groups is 2. The van der Waals surface area contributed by atoms with Crippen molar-refractivity contribution in [1.82, 2.24) is 10.2 Å². The quantitative estimate of drug-likeness (QED) is 0.474. The lowest BCUT2D eigenvalue weighted by Gasteiger charge is -2.59. The van der Waals surface area contributed by atoms with Gasteiger partial charge in [0.25, 0.3) is 5.91 Å². The highest BCUT2D eigenvalue weighted by Crippen LogP contribution is 2.64. The van der Waals surface area contributed by atoms with E-state index in [1.54, 1.807) is 11.0 Å². The van der Waals surface area contributed by atoms with Crippen molar-refractivity contribution < 1.29 is 19.1 Å². The number of carbonyl (C=O) groups excluding carboxylic acids is 2. The Kier molecular flexibility index (Phi) is 5.65. The van der Waals surface area contributed by atoms with Gasteiger partial charge in [-0.25, -0.2) is 4.79 Å². The normalized spacial score (nSPS) is 38.8. The molecule has 2 heterocycles. The summed E-state index contributed by atoms with van der Waals surface area (Å²) in [6.45, 7) is 5.09. The lowest BCUT2D eigenvalue weighted by atomic mass is 9.48. The van der Waals surface area contributed by atoms with Crippen LogP contribution in [0.5, 0.6) is 11.5 Å². The largest absolute Gasteiger partial charge is 0.454 e. The number of nitrogens with zero attached hydrogens (tertiary/aromatic N) is 1. The van der Waals surface area contributed by atoms with Crippen molar-refractivity contribution in [2.45, 2.75) is 102 Å². The highest BCUT2D eigenvalue weighted by Gasteiger charge is 2.59. The molecule has 0 saturated heterocycles. The second-order valence-corrected chi connectivity index (χ2v) is 13.6. The number of hydrogen-bond donors (Lipinski definition) is 1. The van der Waals surface area contributed by atoms with Gasteiger partial charge in [0, 0.05) is 11.5 Å². The molecule has 38 heavy (non-hydrogen) atoms. The molecular formula is C32H42N2O4. The third kappa shape index (κ3) is 3.57. The minimum absolute atomic E-state index is 0.0793. The molecule has 6 aliphatic rings. The Morgan fingerprint density at radius 1 is 0.921 bits per heavy atom. The Labute approximate surface area is 226 Å². The van der Waals surface area contributed by atoms with Crippen LogP contribution >= 0.6 is 0 Å². The number of amides is 3. The molecule has 4 saturated carbocycles. The maximum atomic E-state index is 14.2. The molecule has 3 amide bonds. The van der Waals surface area contributed by atoms with E-state index in [0.29, 0.717) is 17.3 Å². The van der Waals surface area contributed by atoms with Crippen LogP contribution in [0.4, 0.5) is 4.79 Å². The average molecular weight is 519 g/mol. The number of urea groups is 1. The first kappa shape index (κ1) is 24.5. The standard InChI is InChI=1S/C32H42N2O4/c1-30-14-6-7-23(30)22-9-11-27-31(2,24(22)12-17-30)18-13-28(35)34(27)29(36)33-32(15-4-3-5-16-32)21-8-10-25-26(19-21)38-20-37-25/h8,10,13,18-19,22-24,27H,3-7,9,11-12,14-17,20H2,1-2H3,(H,33,36)/t22-,23-,24-,27+,30-,31+/m0/s1. The Morgan fingerprint density at radius 3 is 2.58 bits per heavy atom. The van der Waals surface area contributed by atoms with Crippen molar-refractivity contribution in [1.29, 1.82) is 0 Å². The predicted octanol–water partition coefficient (Wildman–Crippen LogP) is 6.68. The van der Waals surface area contributed by atoms with E-state index in [-0.39, 0.29) is 30.2 Å². The third-order valence-electron chi connectivity index (χ3n) is 11.8. The first-order valence-corrected chi connectivity index (χ1v) is 15.1. The summed E-state index contributed by atoms with van der Waals surface area (Å²) in [5.41, 5.74) is 0.889. The molecule has 1 N–H and O–H groups in total. The highest BCUT2D eigenvalue weighted by atomic mass is 16.7. The zero-order chi connectivity index (χ0) is 26.1. The van der Waals surface area contributed by atoms with Crippen molar-refractivity contribution in [3.63, 3.8) is 0 Å². The van der Waals surface area contributed by atoms with Gasteiger partial charge in [0.2, 0.25) is 6.79 Å². The molecule has 1 aromatic carbocycles. The molecule has 6 heteroatoms. The number of ether oxygens (including phenoxy) is 2. The van der Waals surface area contributed by atoms with Crippen LogP contribution in [-0.2, 0) is 10.3 Å². The lowest BCUT2D eigenvalue weighted by Crippen LogP contribution is -2.64. The van der Waals surface area contributed by atoms with Crippen LogP contribution in [0.15, 0.2) is 30.4 Å². The van der Waals surface area contributed by atoms with Crippen LogP contribution in [0.25, 0.3) is 0 Å². The fourth-order valence-electron chi connectivity index (χ4n) is 9.83. The summed E-state index contributed by atoms with van der Waals surface area (Å²) in [4.78, 5) is 29.2. The smallest absolute Gasteiger partial charge is 0.325 e. The molecular weight excluding hydrogens is 476 g/mol. The minimum Gasteiger partial charge on any atom is -0.454 e. The minimum atomic E-state index is -0.498. The fourth-order valence-corrected chi connectivity index (χ4v) is 9.83. The van der Waals surface area contributed by atoms with E-state index < -0.39 is 5.54 Å². The summed E-state index contributed by atoms with van der Waals surface area (Å²) < 4.78 is 11.2. The van der Waals surface area contributed by atoms with E-state index in [4.69, 9.17) is 9.47 Å². The van der Waals surface area contributed by atoms with Crippen LogP contribution in [0.3, 0.4) is 0 Å². The van der Waals surface area contributed by atoms with Crippen LogP contribution in [0.2, 0.25) is 0 Å². The van der Waals surface area contributed by atoms with Gasteiger partial charge in [-0.2, -0.15) is 0 Å². The molecule has 6 atom stereocenters. The van der Waals surface area contributed by atoms with E-state index in [9.17, 15) is 9.59 Å². The van der Waals surface area contributed by atoms with E-state index in [2.05, 4.69) is 31.3 Å². The van der Waals surface area contributed by atoms with Gasteiger partial charge in [0.1, 0.15) is 0 Å². The summed E-state index contributed by atoms with van der Waals surface area (Å²) in [6.07, 6.45) is 17.5. The van der Waals surface area contributed by atoms with Gasteiger partial charge in [-0.3, -0.25) is 9.69 Å². The first-order chi connectivity index (χ1) is 18.3. The average Bonchev–Trinajstić information content (AvgIpc) is 3.55. The molecule has 6 nitrogen and oxygen atoms in total. The highest BCUT2D eigenvalue weighted by molar-refractivity contribution is 6.02. The topological polar surface area (TPSA) is 67.9 Å². The van der Waals surface area contributed by atoms with Crippen LogP contribution < -0.4 is 14.8 Å². The van der Waals surface area contributed by atoms with Gasteiger partial charge in [-0.15, -0.1) is 0 Å². The maximum absolute atomic E-state index is 14.2. The number of nitrogens with one attached hydrogen (secondary N) is 1. The van der Waals surface area contributed by atoms with Gasteiger partial charge in [0.05, 0.1) is 11.6 Å². The Morgan fingerprint density at radius 2 is 1.74 bits per heavy atom. The van der Waals surface area contributed by atoms with E-state index in [1.165, 1.54) is 32.1 Å². The summed E-state index contributed by atoms with van der Waals surface area (Å²) in [7, 11) is 0. The molecule has 0 bridgehead atoms. The molecule has 7 rings (SSSR count). The molecule has 1 aromatic rings. The van der Waals surface area contributed by atoms with Crippen LogP contribution in [0.1, 0.15) is 96.5 Å². The van der Waals surface area contributed by atoms with Crippen LogP contribution in [0, 0.1) is 28.6 Å². The Hall–Kier alpha value is -2.50. The number of rotatable bonds is 2. The monoisotopic (exact) mass is 518 g/mol. The summed E-state index contributed by atoms with van der Waals surface area (Å²) >= 11 is 0. The lowest BCUT2D eigenvalue weighted by molar-refractivity contribution is -0.135.